The lowest BCUT2D eigenvalue weighted by Gasteiger charge is -2.08. The molecule has 0 fully saturated rings. The lowest BCUT2D eigenvalue weighted by molar-refractivity contribution is 0.151. The highest BCUT2D eigenvalue weighted by atomic mass is 19.3. The Kier molecular flexibility index (Phi) is 2.55. The molecule has 100 valence electrons. The third kappa shape index (κ3) is 1.87. The minimum Gasteiger partial charge on any atom is -0.454 e. The Hall–Kier alpha value is -2.31. The molecule has 19 heavy (non-hydrogen) atoms. The number of nitrogen functional groups attached to an aromatic ring is 1. The number of halogens is 2. The van der Waals surface area contributed by atoms with Gasteiger partial charge in [0.2, 0.25) is 6.79 Å². The number of hydrogen-bond donors (Lipinski definition) is 1. The van der Waals surface area contributed by atoms with Crippen molar-refractivity contribution in [1.29, 1.82) is 0 Å². The molecule has 5 nitrogen and oxygen atoms in total. The lowest BCUT2D eigenvalue weighted by Crippen LogP contribution is -1.97. The van der Waals surface area contributed by atoms with Crippen LogP contribution in [0.25, 0.3) is 11.3 Å². The van der Waals surface area contributed by atoms with Crippen LogP contribution in [0.5, 0.6) is 11.5 Å². The summed E-state index contributed by atoms with van der Waals surface area (Å²) in [5, 5.41) is 4.11. The maximum atomic E-state index is 13.1. The molecule has 0 radical (unpaired) electrons. The van der Waals surface area contributed by atoms with Crippen LogP contribution in [0, 0.1) is 0 Å². The third-order valence-electron chi connectivity index (χ3n) is 2.97. The van der Waals surface area contributed by atoms with Gasteiger partial charge in [-0.25, -0.2) is 8.78 Å². The summed E-state index contributed by atoms with van der Waals surface area (Å²) in [6.07, 6.45) is -2.63. The minimum absolute atomic E-state index is 0.0336. The van der Waals surface area contributed by atoms with Gasteiger partial charge in [0.05, 0.1) is 5.69 Å². The molecule has 0 unspecified atom stereocenters. The van der Waals surface area contributed by atoms with Gasteiger partial charge < -0.3 is 15.2 Å². The van der Waals surface area contributed by atoms with Gasteiger partial charge in [0, 0.05) is 24.2 Å². The zero-order valence-corrected chi connectivity index (χ0v) is 10.1. The van der Waals surface area contributed by atoms with Crippen molar-refractivity contribution in [2.24, 2.45) is 7.05 Å². The molecule has 0 atom stereocenters. The van der Waals surface area contributed by atoms with E-state index in [0.29, 0.717) is 28.6 Å². The van der Waals surface area contributed by atoms with Crippen molar-refractivity contribution < 1.29 is 18.3 Å². The molecule has 0 saturated heterocycles. The van der Waals surface area contributed by atoms with E-state index in [2.05, 4.69) is 5.10 Å². The van der Waals surface area contributed by atoms with Crippen molar-refractivity contribution in [2.45, 2.75) is 6.43 Å². The average Bonchev–Trinajstić information content (AvgIpc) is 2.94. The van der Waals surface area contributed by atoms with E-state index in [1.54, 1.807) is 13.1 Å². The molecule has 1 aliphatic heterocycles. The average molecular weight is 267 g/mol. The third-order valence-corrected chi connectivity index (χ3v) is 2.97. The van der Waals surface area contributed by atoms with Crippen molar-refractivity contribution in [3.63, 3.8) is 0 Å². The molecule has 7 heteroatoms. The first-order chi connectivity index (χ1) is 9.06. The number of aromatic nitrogens is 2. The quantitative estimate of drug-likeness (QED) is 0.907. The Morgan fingerprint density at radius 3 is 2.53 bits per heavy atom. The maximum absolute atomic E-state index is 13.1. The van der Waals surface area contributed by atoms with Crippen molar-refractivity contribution in [3.05, 3.63) is 23.8 Å². The van der Waals surface area contributed by atoms with E-state index in [1.807, 2.05) is 0 Å². The summed E-state index contributed by atoms with van der Waals surface area (Å²) in [4.78, 5) is 0. The summed E-state index contributed by atoms with van der Waals surface area (Å²) in [5.41, 5.74) is 6.20. The summed E-state index contributed by atoms with van der Waals surface area (Å²) in [5.74, 6) is 1.15. The molecule has 0 amide bonds. The van der Waals surface area contributed by atoms with Crippen LogP contribution in [0.4, 0.5) is 14.6 Å². The highest BCUT2D eigenvalue weighted by Crippen LogP contribution is 2.41. The molecule has 1 aromatic heterocycles. The highest BCUT2D eigenvalue weighted by Gasteiger charge is 2.23. The monoisotopic (exact) mass is 267 g/mol. The summed E-state index contributed by atoms with van der Waals surface area (Å²) in [7, 11) is 1.65. The van der Waals surface area contributed by atoms with Gasteiger partial charge in [0.1, 0.15) is 5.82 Å². The van der Waals surface area contributed by atoms with Crippen molar-refractivity contribution in [2.75, 3.05) is 12.5 Å². The van der Waals surface area contributed by atoms with E-state index in [0.717, 1.165) is 0 Å². The molecule has 0 bridgehead atoms. The molecule has 2 heterocycles. The minimum atomic E-state index is -2.63. The molecule has 0 spiro atoms. The van der Waals surface area contributed by atoms with Crippen molar-refractivity contribution >= 4 is 5.82 Å². The van der Waals surface area contributed by atoms with Crippen LogP contribution >= 0.6 is 0 Å². The molecule has 2 N–H and O–H groups in total. The number of hydrogen-bond acceptors (Lipinski definition) is 4. The Morgan fingerprint density at radius 2 is 1.95 bits per heavy atom. The Morgan fingerprint density at radius 1 is 1.26 bits per heavy atom. The van der Waals surface area contributed by atoms with Crippen LogP contribution in [0.1, 0.15) is 12.0 Å². The zero-order chi connectivity index (χ0) is 13.6. The summed E-state index contributed by atoms with van der Waals surface area (Å²) >= 11 is 0. The van der Waals surface area contributed by atoms with Crippen LogP contribution in [0.3, 0.4) is 0 Å². The van der Waals surface area contributed by atoms with Gasteiger partial charge in [-0.05, 0) is 12.1 Å². The molecular weight excluding hydrogens is 256 g/mol. The zero-order valence-electron chi connectivity index (χ0n) is 10.1. The second kappa shape index (κ2) is 4.11. The predicted octanol–water partition coefficient (Wildman–Crippen LogP) is 2.34. The molecule has 0 aliphatic carbocycles. The number of aryl methyl sites for hydroxylation is 1. The smallest absolute Gasteiger partial charge is 0.264 e. The Bertz CT molecular complexity index is 621. The number of fused-ring (bicyclic) bond motifs is 1. The maximum Gasteiger partial charge on any atom is 0.264 e. The lowest BCUT2D eigenvalue weighted by atomic mass is 10.0. The normalized spacial score (nSPS) is 13.3. The Labute approximate surface area is 107 Å². The molecular formula is C12H11F2N3O2. The van der Waals surface area contributed by atoms with Crippen LogP contribution in [-0.4, -0.2) is 16.6 Å². The van der Waals surface area contributed by atoms with Crippen LogP contribution in [-0.2, 0) is 7.05 Å². The number of ether oxygens (including phenoxy) is 2. The van der Waals surface area contributed by atoms with Crippen molar-refractivity contribution in [1.82, 2.24) is 9.78 Å². The van der Waals surface area contributed by atoms with E-state index >= 15 is 0 Å². The fourth-order valence-corrected chi connectivity index (χ4v) is 1.97. The van der Waals surface area contributed by atoms with E-state index in [-0.39, 0.29) is 12.4 Å². The van der Waals surface area contributed by atoms with E-state index in [9.17, 15) is 8.78 Å². The molecule has 1 aliphatic rings. The first kappa shape index (κ1) is 11.8. The van der Waals surface area contributed by atoms with Gasteiger partial charge in [-0.2, -0.15) is 5.10 Å². The number of alkyl halides is 2. The molecule has 0 saturated carbocycles. The van der Waals surface area contributed by atoms with Crippen molar-refractivity contribution in [3.8, 4) is 22.8 Å². The first-order valence-electron chi connectivity index (χ1n) is 5.58. The van der Waals surface area contributed by atoms with Gasteiger partial charge in [0.15, 0.2) is 11.5 Å². The first-order valence-corrected chi connectivity index (χ1v) is 5.58. The SMILES string of the molecule is Cn1nc(-c2cc3c(cc2C(F)F)OCO3)cc1N. The largest absolute Gasteiger partial charge is 0.454 e. The summed E-state index contributed by atoms with van der Waals surface area (Å²) in [6.45, 7) is 0.0336. The summed E-state index contributed by atoms with van der Waals surface area (Å²) < 4.78 is 38.0. The van der Waals surface area contributed by atoms with Gasteiger partial charge in [0.25, 0.3) is 6.43 Å². The molecule has 2 aromatic rings. The van der Waals surface area contributed by atoms with Gasteiger partial charge >= 0.3 is 0 Å². The second-order valence-electron chi connectivity index (χ2n) is 4.17. The molecule has 3 rings (SSSR count). The topological polar surface area (TPSA) is 62.3 Å². The number of nitrogens with two attached hydrogens (primary N) is 1. The number of nitrogens with zero attached hydrogens (tertiary/aromatic N) is 2. The summed E-state index contributed by atoms with van der Waals surface area (Å²) in [6, 6.07) is 4.34. The van der Waals surface area contributed by atoms with E-state index in [1.165, 1.54) is 16.8 Å². The van der Waals surface area contributed by atoms with Gasteiger partial charge in [-0.3, -0.25) is 4.68 Å². The molecule has 1 aromatic carbocycles. The van der Waals surface area contributed by atoms with Crippen LogP contribution < -0.4 is 15.2 Å². The predicted molar refractivity (Wildman–Crippen MR) is 64.1 cm³/mol. The second-order valence-corrected chi connectivity index (χ2v) is 4.17. The van der Waals surface area contributed by atoms with Gasteiger partial charge in [-0.1, -0.05) is 0 Å². The van der Waals surface area contributed by atoms with Gasteiger partial charge in [-0.15, -0.1) is 0 Å². The van der Waals surface area contributed by atoms with Crippen LogP contribution in [0.2, 0.25) is 0 Å². The number of benzene rings is 1. The van der Waals surface area contributed by atoms with E-state index < -0.39 is 6.43 Å². The fourth-order valence-electron chi connectivity index (χ4n) is 1.97. The highest BCUT2D eigenvalue weighted by molar-refractivity contribution is 5.70. The fraction of sp³-hybridized carbons (Fsp3) is 0.250. The number of rotatable bonds is 2. The van der Waals surface area contributed by atoms with Crippen LogP contribution in [0.15, 0.2) is 18.2 Å². The number of anilines is 1. The standard InChI is InChI=1S/C12H11F2N3O2/c1-17-11(15)4-8(16-17)6-2-9-10(19-5-18-9)3-7(6)12(13)14/h2-4,12H,5,15H2,1H3. The Balaban J connectivity index is 2.18. The van der Waals surface area contributed by atoms with E-state index in [4.69, 9.17) is 15.2 Å².